The van der Waals surface area contributed by atoms with Crippen molar-refractivity contribution in [2.45, 2.75) is 19.4 Å². The number of carbonyl (C=O) groups is 2. The summed E-state index contributed by atoms with van der Waals surface area (Å²) < 4.78 is 6.58. The Labute approximate surface area is 178 Å². The molecule has 1 atom stereocenters. The minimum Gasteiger partial charge on any atom is -0.495 e. The summed E-state index contributed by atoms with van der Waals surface area (Å²) in [6, 6.07) is 14.0. The summed E-state index contributed by atoms with van der Waals surface area (Å²) in [6.45, 7) is 1.42. The molecule has 0 fully saturated rings. The van der Waals surface area contributed by atoms with E-state index in [0.29, 0.717) is 21.7 Å². The van der Waals surface area contributed by atoms with Crippen LogP contribution in [0.1, 0.15) is 28.9 Å². The van der Waals surface area contributed by atoms with Crippen LogP contribution < -0.4 is 10.3 Å². The highest BCUT2D eigenvalue weighted by Crippen LogP contribution is 2.34. The van der Waals surface area contributed by atoms with Crippen molar-refractivity contribution in [1.82, 2.24) is 4.57 Å². The number of nitrogens with zero attached hydrogens (tertiary/aromatic N) is 1. The highest BCUT2D eigenvalue weighted by Gasteiger charge is 2.24. The zero-order valence-corrected chi connectivity index (χ0v) is 17.2. The number of carbonyl (C=O) groups excluding carboxylic acids is 1. The second-order valence-corrected chi connectivity index (χ2v) is 7.23. The van der Waals surface area contributed by atoms with Crippen LogP contribution in [0.15, 0.2) is 65.6 Å². The van der Waals surface area contributed by atoms with E-state index in [1.165, 1.54) is 26.3 Å². The minimum atomic E-state index is -1.14. The van der Waals surface area contributed by atoms with Gasteiger partial charge in [0, 0.05) is 28.6 Å². The zero-order chi connectivity index (χ0) is 21.8. The fraction of sp³-hybridized carbons (Fsp3) is 0.174. The van der Waals surface area contributed by atoms with Crippen LogP contribution in [-0.4, -0.2) is 28.5 Å². The van der Waals surface area contributed by atoms with Gasteiger partial charge in [0.25, 0.3) is 5.56 Å². The highest BCUT2D eigenvalue weighted by molar-refractivity contribution is 6.31. The van der Waals surface area contributed by atoms with Gasteiger partial charge in [-0.2, -0.15) is 0 Å². The molecule has 3 rings (SSSR count). The molecular weight excluding hydrogens is 406 g/mol. The Morgan fingerprint density at radius 1 is 1.10 bits per heavy atom. The number of pyridine rings is 1. The zero-order valence-electron chi connectivity index (χ0n) is 16.5. The van der Waals surface area contributed by atoms with Crippen molar-refractivity contribution >= 4 is 23.4 Å². The summed E-state index contributed by atoms with van der Waals surface area (Å²) in [5, 5.41) is 10.1. The highest BCUT2D eigenvalue weighted by atomic mass is 35.5. The van der Waals surface area contributed by atoms with Crippen LogP contribution in [0.2, 0.25) is 5.02 Å². The minimum absolute atomic E-state index is 0.133. The molecule has 0 aliphatic carbocycles. The molecule has 1 heterocycles. The van der Waals surface area contributed by atoms with E-state index in [1.807, 2.05) is 18.2 Å². The molecule has 0 bridgehead atoms. The van der Waals surface area contributed by atoms with E-state index >= 15 is 0 Å². The van der Waals surface area contributed by atoms with Crippen LogP contribution in [0.4, 0.5) is 0 Å². The number of hydrogen-bond acceptors (Lipinski definition) is 4. The fourth-order valence-corrected chi connectivity index (χ4v) is 3.51. The standard InChI is InChI=1S/C23H20ClNO5/c1-14(26)17-9-8-16(24)11-18(17)19-12-22(27)25(13-21(19)30-2)20(23(28)29)10-15-6-4-3-5-7-15/h3-9,11-13,20H,10H2,1-2H3,(H,28,29). The third-order valence-corrected chi connectivity index (χ3v) is 5.04. The first-order valence-corrected chi connectivity index (χ1v) is 9.57. The van der Waals surface area contributed by atoms with Gasteiger partial charge in [0.15, 0.2) is 5.78 Å². The molecule has 1 unspecified atom stereocenters. The number of aliphatic carboxylic acids is 1. The molecule has 1 aromatic heterocycles. The second-order valence-electron chi connectivity index (χ2n) is 6.79. The topological polar surface area (TPSA) is 85.6 Å². The molecule has 0 aliphatic heterocycles. The number of ketones is 1. The van der Waals surface area contributed by atoms with Gasteiger partial charge < -0.3 is 9.84 Å². The molecular formula is C23H20ClNO5. The maximum atomic E-state index is 12.9. The average molecular weight is 426 g/mol. The predicted molar refractivity (Wildman–Crippen MR) is 115 cm³/mol. The molecule has 0 saturated heterocycles. The Kier molecular flexibility index (Phi) is 6.37. The van der Waals surface area contributed by atoms with E-state index in [4.69, 9.17) is 16.3 Å². The van der Waals surface area contributed by atoms with Crippen LogP contribution in [0.3, 0.4) is 0 Å². The summed E-state index contributed by atoms with van der Waals surface area (Å²) in [7, 11) is 1.42. The van der Waals surface area contributed by atoms with Crippen molar-refractivity contribution in [2.75, 3.05) is 7.11 Å². The third-order valence-electron chi connectivity index (χ3n) is 4.81. The quantitative estimate of drug-likeness (QED) is 0.572. The Hall–Kier alpha value is -3.38. The number of methoxy groups -OCH3 is 1. The molecule has 7 heteroatoms. The van der Waals surface area contributed by atoms with Crippen molar-refractivity contribution in [2.24, 2.45) is 0 Å². The van der Waals surface area contributed by atoms with Gasteiger partial charge in [-0.3, -0.25) is 14.2 Å². The predicted octanol–water partition coefficient (Wildman–Crippen LogP) is 4.25. The molecule has 3 aromatic rings. The normalized spacial score (nSPS) is 11.7. The number of aromatic nitrogens is 1. The maximum absolute atomic E-state index is 12.9. The van der Waals surface area contributed by atoms with Gasteiger partial charge in [-0.05, 0) is 36.2 Å². The van der Waals surface area contributed by atoms with E-state index in [2.05, 4.69) is 0 Å². The first kappa shape index (κ1) is 21.3. The van der Waals surface area contributed by atoms with E-state index in [0.717, 1.165) is 10.1 Å². The summed E-state index contributed by atoms with van der Waals surface area (Å²) in [4.78, 5) is 36.9. The van der Waals surface area contributed by atoms with Crippen molar-refractivity contribution in [3.05, 3.63) is 87.3 Å². The second kappa shape index (κ2) is 8.97. The summed E-state index contributed by atoms with van der Waals surface area (Å²) in [5.74, 6) is -1.07. The number of ether oxygens (including phenoxy) is 1. The average Bonchev–Trinajstić information content (AvgIpc) is 2.72. The number of benzene rings is 2. The molecule has 0 amide bonds. The largest absolute Gasteiger partial charge is 0.495 e. The monoisotopic (exact) mass is 425 g/mol. The van der Waals surface area contributed by atoms with Crippen LogP contribution in [-0.2, 0) is 11.2 Å². The lowest BCUT2D eigenvalue weighted by Gasteiger charge is -2.19. The summed E-state index contributed by atoms with van der Waals surface area (Å²) >= 11 is 6.11. The van der Waals surface area contributed by atoms with Crippen molar-refractivity contribution < 1.29 is 19.4 Å². The molecule has 0 saturated carbocycles. The van der Waals surface area contributed by atoms with Gasteiger partial charge in [-0.1, -0.05) is 41.9 Å². The number of Topliss-reactive ketones (excluding diaryl/α,β-unsaturated/α-hetero) is 1. The smallest absolute Gasteiger partial charge is 0.327 e. The van der Waals surface area contributed by atoms with Gasteiger partial charge in [0.1, 0.15) is 11.8 Å². The molecule has 2 aromatic carbocycles. The summed E-state index contributed by atoms with van der Waals surface area (Å²) in [5.41, 5.74) is 1.47. The van der Waals surface area contributed by atoms with Gasteiger partial charge in [-0.15, -0.1) is 0 Å². The molecule has 0 aliphatic rings. The Morgan fingerprint density at radius 2 is 1.80 bits per heavy atom. The number of halogens is 1. The van der Waals surface area contributed by atoms with Crippen LogP contribution >= 0.6 is 11.6 Å². The molecule has 0 spiro atoms. The van der Waals surface area contributed by atoms with Gasteiger partial charge in [0.2, 0.25) is 0 Å². The Bertz CT molecular complexity index is 1150. The van der Waals surface area contributed by atoms with Crippen LogP contribution in [0.5, 0.6) is 5.75 Å². The number of rotatable bonds is 7. The van der Waals surface area contributed by atoms with Crippen LogP contribution in [0, 0.1) is 0 Å². The third kappa shape index (κ3) is 4.44. The molecule has 1 N–H and O–H groups in total. The number of carboxylic acids is 1. The SMILES string of the molecule is COc1cn(C(Cc2ccccc2)C(=O)O)c(=O)cc1-c1cc(Cl)ccc1C(C)=O. The molecule has 0 radical (unpaired) electrons. The Morgan fingerprint density at radius 3 is 2.40 bits per heavy atom. The van der Waals surface area contributed by atoms with E-state index in [-0.39, 0.29) is 18.0 Å². The lowest BCUT2D eigenvalue weighted by atomic mass is 9.97. The van der Waals surface area contributed by atoms with Crippen molar-refractivity contribution in [3.63, 3.8) is 0 Å². The number of carboxylic acid groups (broad SMARTS) is 1. The van der Waals surface area contributed by atoms with E-state index in [9.17, 15) is 19.5 Å². The Balaban J connectivity index is 2.15. The van der Waals surface area contributed by atoms with Gasteiger partial charge in [-0.25, -0.2) is 4.79 Å². The molecule has 30 heavy (non-hydrogen) atoms. The summed E-state index contributed by atoms with van der Waals surface area (Å²) in [6.07, 6.45) is 1.50. The fourth-order valence-electron chi connectivity index (χ4n) is 3.33. The molecule has 6 nitrogen and oxygen atoms in total. The van der Waals surface area contributed by atoms with E-state index < -0.39 is 17.6 Å². The maximum Gasteiger partial charge on any atom is 0.327 e. The van der Waals surface area contributed by atoms with Gasteiger partial charge in [0.05, 0.1) is 13.3 Å². The lowest BCUT2D eigenvalue weighted by Crippen LogP contribution is -2.31. The van der Waals surface area contributed by atoms with Crippen LogP contribution in [0.25, 0.3) is 11.1 Å². The molecule has 154 valence electrons. The van der Waals surface area contributed by atoms with E-state index in [1.54, 1.807) is 30.3 Å². The van der Waals surface area contributed by atoms with Crippen molar-refractivity contribution in [1.29, 1.82) is 0 Å². The first-order chi connectivity index (χ1) is 14.3. The number of hydrogen-bond donors (Lipinski definition) is 1. The first-order valence-electron chi connectivity index (χ1n) is 9.19. The lowest BCUT2D eigenvalue weighted by molar-refractivity contribution is -0.141. The van der Waals surface area contributed by atoms with Crippen molar-refractivity contribution in [3.8, 4) is 16.9 Å². The van der Waals surface area contributed by atoms with Gasteiger partial charge >= 0.3 is 5.97 Å².